The number of nitrogens with one attached hydrogen (secondary N) is 1. The number of rotatable bonds is 5. The lowest BCUT2D eigenvalue weighted by Crippen LogP contribution is -2.35. The minimum absolute atomic E-state index is 0.101. The van der Waals surface area contributed by atoms with E-state index in [2.05, 4.69) is 35.5 Å². The van der Waals surface area contributed by atoms with Crippen LogP contribution in [0.25, 0.3) is 10.8 Å². The highest BCUT2D eigenvalue weighted by molar-refractivity contribution is 6.02. The van der Waals surface area contributed by atoms with Crippen LogP contribution in [-0.2, 0) is 4.79 Å². The molecule has 1 aliphatic rings. The van der Waals surface area contributed by atoms with Gasteiger partial charge in [0.15, 0.2) is 0 Å². The van der Waals surface area contributed by atoms with Crippen molar-refractivity contribution in [1.29, 1.82) is 0 Å². The molecule has 3 rings (SSSR count). The van der Waals surface area contributed by atoms with Crippen LogP contribution in [0.4, 0.5) is 5.69 Å². The Morgan fingerprint density at radius 3 is 2.65 bits per heavy atom. The lowest BCUT2D eigenvalue weighted by atomic mass is 9.94. The smallest absolute Gasteiger partial charge is 0.225 e. The summed E-state index contributed by atoms with van der Waals surface area (Å²) in [4.78, 5) is 14.7. The van der Waals surface area contributed by atoms with Crippen LogP contribution in [0.3, 0.4) is 0 Å². The third kappa shape index (κ3) is 4.11. The third-order valence-corrected chi connectivity index (χ3v) is 4.95. The van der Waals surface area contributed by atoms with Crippen LogP contribution in [0.1, 0.15) is 38.5 Å². The maximum atomic E-state index is 12.3. The van der Waals surface area contributed by atoms with E-state index >= 15 is 0 Å². The Balaban J connectivity index is 1.56. The summed E-state index contributed by atoms with van der Waals surface area (Å²) in [5.74, 6) is 0.101. The van der Waals surface area contributed by atoms with Crippen LogP contribution >= 0.6 is 0 Å². The van der Waals surface area contributed by atoms with Crippen molar-refractivity contribution in [3.8, 4) is 0 Å². The standard InChI is InChI=1S/C20H26N2O/c1-22(17-10-3-2-4-11-17)15-14-20(23)21-19-13-7-9-16-8-5-6-12-18(16)19/h5-9,12-13,17H,2-4,10-11,14-15H2,1H3,(H,21,23). The number of amides is 1. The molecule has 1 aliphatic carbocycles. The molecule has 122 valence electrons. The van der Waals surface area contributed by atoms with E-state index in [9.17, 15) is 4.79 Å². The zero-order valence-corrected chi connectivity index (χ0v) is 13.9. The van der Waals surface area contributed by atoms with Gasteiger partial charge in [-0.3, -0.25) is 4.79 Å². The summed E-state index contributed by atoms with van der Waals surface area (Å²) >= 11 is 0. The van der Waals surface area contributed by atoms with Crippen molar-refractivity contribution in [2.75, 3.05) is 18.9 Å². The van der Waals surface area contributed by atoms with E-state index < -0.39 is 0 Å². The Morgan fingerprint density at radius 2 is 1.83 bits per heavy atom. The highest BCUT2D eigenvalue weighted by Crippen LogP contribution is 2.24. The first-order valence-corrected chi connectivity index (χ1v) is 8.72. The van der Waals surface area contributed by atoms with Crippen LogP contribution in [0.2, 0.25) is 0 Å². The van der Waals surface area contributed by atoms with Gasteiger partial charge in [-0.15, -0.1) is 0 Å². The minimum atomic E-state index is 0.101. The van der Waals surface area contributed by atoms with Gasteiger partial charge in [-0.25, -0.2) is 0 Å². The van der Waals surface area contributed by atoms with Crippen LogP contribution in [-0.4, -0.2) is 30.4 Å². The molecule has 0 heterocycles. The Kier molecular flexibility index (Phi) is 5.29. The molecule has 0 atom stereocenters. The molecule has 1 amide bonds. The molecule has 23 heavy (non-hydrogen) atoms. The molecule has 0 radical (unpaired) electrons. The fourth-order valence-electron chi connectivity index (χ4n) is 3.53. The number of carbonyl (C=O) groups is 1. The maximum absolute atomic E-state index is 12.3. The summed E-state index contributed by atoms with van der Waals surface area (Å²) in [5.41, 5.74) is 0.911. The summed E-state index contributed by atoms with van der Waals surface area (Å²) in [6.07, 6.45) is 7.14. The second-order valence-corrected chi connectivity index (χ2v) is 6.60. The summed E-state index contributed by atoms with van der Waals surface area (Å²) < 4.78 is 0. The Hall–Kier alpha value is -1.87. The van der Waals surface area contributed by atoms with Crippen LogP contribution in [0.15, 0.2) is 42.5 Å². The lowest BCUT2D eigenvalue weighted by Gasteiger charge is -2.30. The molecule has 1 fully saturated rings. The quantitative estimate of drug-likeness (QED) is 0.886. The predicted octanol–water partition coefficient (Wildman–Crippen LogP) is 4.43. The zero-order valence-electron chi connectivity index (χ0n) is 13.9. The fraction of sp³-hybridized carbons (Fsp3) is 0.450. The van der Waals surface area contributed by atoms with Gasteiger partial charge in [-0.1, -0.05) is 55.7 Å². The summed E-state index contributed by atoms with van der Waals surface area (Å²) in [6.45, 7) is 0.835. The van der Waals surface area contributed by atoms with E-state index in [4.69, 9.17) is 0 Å². The summed E-state index contributed by atoms with van der Waals surface area (Å²) in [7, 11) is 2.15. The van der Waals surface area contributed by atoms with Crippen LogP contribution in [0.5, 0.6) is 0 Å². The average molecular weight is 310 g/mol. The number of hydrogen-bond acceptors (Lipinski definition) is 2. The van der Waals surface area contributed by atoms with E-state index in [0.29, 0.717) is 12.5 Å². The molecule has 1 N–H and O–H groups in total. The number of nitrogens with zero attached hydrogens (tertiary/aromatic N) is 1. The second kappa shape index (κ2) is 7.60. The summed E-state index contributed by atoms with van der Waals surface area (Å²) in [5, 5.41) is 5.34. The number of hydrogen-bond donors (Lipinski definition) is 1. The largest absolute Gasteiger partial charge is 0.325 e. The summed E-state index contributed by atoms with van der Waals surface area (Å²) in [6, 6.07) is 14.9. The van der Waals surface area contributed by atoms with E-state index in [1.54, 1.807) is 0 Å². The first kappa shape index (κ1) is 16.0. The predicted molar refractivity (Wildman–Crippen MR) is 96.7 cm³/mol. The second-order valence-electron chi connectivity index (χ2n) is 6.60. The van der Waals surface area contributed by atoms with Gasteiger partial charge < -0.3 is 10.2 Å². The Bertz CT molecular complexity index is 656. The number of fused-ring (bicyclic) bond motifs is 1. The molecular weight excluding hydrogens is 284 g/mol. The minimum Gasteiger partial charge on any atom is -0.325 e. The van der Waals surface area contributed by atoms with Gasteiger partial charge >= 0.3 is 0 Å². The maximum Gasteiger partial charge on any atom is 0.225 e. The molecule has 2 aromatic rings. The van der Waals surface area contributed by atoms with Crippen molar-refractivity contribution in [3.05, 3.63) is 42.5 Å². The molecule has 0 aromatic heterocycles. The van der Waals surface area contributed by atoms with Crippen molar-refractivity contribution >= 4 is 22.4 Å². The molecule has 3 heteroatoms. The van der Waals surface area contributed by atoms with Crippen LogP contribution < -0.4 is 5.32 Å². The number of benzene rings is 2. The van der Waals surface area contributed by atoms with Gasteiger partial charge in [0, 0.05) is 30.1 Å². The molecular formula is C20H26N2O. The highest BCUT2D eigenvalue weighted by Gasteiger charge is 2.18. The molecule has 1 saturated carbocycles. The molecule has 0 aliphatic heterocycles. The van der Waals surface area contributed by atoms with E-state index in [1.165, 1.54) is 32.1 Å². The first-order valence-electron chi connectivity index (χ1n) is 8.72. The zero-order chi connectivity index (χ0) is 16.1. The topological polar surface area (TPSA) is 32.3 Å². The Morgan fingerprint density at radius 1 is 1.09 bits per heavy atom. The molecule has 2 aromatic carbocycles. The van der Waals surface area contributed by atoms with Crippen molar-refractivity contribution in [1.82, 2.24) is 4.90 Å². The SMILES string of the molecule is CN(CCC(=O)Nc1cccc2ccccc12)C1CCCCC1. The van der Waals surface area contributed by atoms with Gasteiger partial charge in [0.05, 0.1) is 0 Å². The molecule has 0 unspecified atom stereocenters. The van der Waals surface area contributed by atoms with Gasteiger partial charge in [0.2, 0.25) is 5.91 Å². The highest BCUT2D eigenvalue weighted by atomic mass is 16.1. The fourth-order valence-corrected chi connectivity index (χ4v) is 3.53. The van der Waals surface area contributed by atoms with Crippen molar-refractivity contribution in [3.63, 3.8) is 0 Å². The van der Waals surface area contributed by atoms with Gasteiger partial charge in [-0.05, 0) is 31.3 Å². The van der Waals surface area contributed by atoms with Crippen LogP contribution in [0, 0.1) is 0 Å². The van der Waals surface area contributed by atoms with Crippen molar-refractivity contribution in [2.45, 2.75) is 44.6 Å². The molecule has 0 saturated heterocycles. The Labute approximate surface area is 138 Å². The van der Waals surface area contributed by atoms with E-state index in [1.807, 2.05) is 24.3 Å². The number of anilines is 1. The van der Waals surface area contributed by atoms with Gasteiger partial charge in [-0.2, -0.15) is 0 Å². The van der Waals surface area contributed by atoms with E-state index in [0.717, 1.165) is 23.0 Å². The van der Waals surface area contributed by atoms with E-state index in [-0.39, 0.29) is 5.91 Å². The molecule has 0 bridgehead atoms. The van der Waals surface area contributed by atoms with Crippen molar-refractivity contribution in [2.24, 2.45) is 0 Å². The average Bonchev–Trinajstić information content (AvgIpc) is 2.61. The monoisotopic (exact) mass is 310 g/mol. The lowest BCUT2D eigenvalue weighted by molar-refractivity contribution is -0.116. The van der Waals surface area contributed by atoms with Gasteiger partial charge in [0.25, 0.3) is 0 Å². The van der Waals surface area contributed by atoms with Crippen molar-refractivity contribution < 1.29 is 4.79 Å². The molecule has 3 nitrogen and oxygen atoms in total. The number of carbonyl (C=O) groups excluding carboxylic acids is 1. The first-order chi connectivity index (χ1) is 11.2. The molecule has 0 spiro atoms. The third-order valence-electron chi connectivity index (χ3n) is 4.95. The van der Waals surface area contributed by atoms with Gasteiger partial charge in [0.1, 0.15) is 0 Å². The normalized spacial score (nSPS) is 15.9.